The molecule has 1 aliphatic heterocycles. The number of hydrogen-bond donors (Lipinski definition) is 0. The van der Waals surface area contributed by atoms with Gasteiger partial charge in [0.25, 0.3) is 10.0 Å². The Labute approximate surface area is 170 Å². The summed E-state index contributed by atoms with van der Waals surface area (Å²) in [6, 6.07) is 19.8. The number of halogens is 1. The van der Waals surface area contributed by atoms with E-state index in [1.54, 1.807) is 42.5 Å². The lowest BCUT2D eigenvalue weighted by atomic mass is 9.98. The molecule has 1 heterocycles. The van der Waals surface area contributed by atoms with E-state index in [1.807, 2.05) is 38.1 Å². The highest BCUT2D eigenvalue weighted by molar-refractivity contribution is 7.89. The third kappa shape index (κ3) is 3.68. The van der Waals surface area contributed by atoms with Crippen molar-refractivity contribution in [3.63, 3.8) is 0 Å². The average Bonchev–Trinajstić information content (AvgIpc) is 3.15. The topological polar surface area (TPSA) is 49.7 Å². The van der Waals surface area contributed by atoms with Gasteiger partial charge in [-0.05, 0) is 37.6 Å². The highest BCUT2D eigenvalue weighted by Gasteiger charge is 2.38. The fourth-order valence-electron chi connectivity index (χ4n) is 3.43. The summed E-state index contributed by atoms with van der Waals surface area (Å²) in [6.07, 6.45) is 0.301. The summed E-state index contributed by atoms with van der Waals surface area (Å²) in [5.41, 5.74) is 3.82. The highest BCUT2D eigenvalue weighted by Crippen LogP contribution is 2.38. The first-order valence-corrected chi connectivity index (χ1v) is 10.8. The molecule has 0 N–H and O–H groups in total. The fraction of sp³-hybridized carbons (Fsp3) is 0.174. The minimum atomic E-state index is -3.94. The normalized spacial score (nSPS) is 16.7. The molecule has 1 aliphatic rings. The van der Waals surface area contributed by atoms with Crippen molar-refractivity contribution in [1.29, 1.82) is 0 Å². The minimum Gasteiger partial charge on any atom is -0.207 e. The van der Waals surface area contributed by atoms with Crippen molar-refractivity contribution in [1.82, 2.24) is 4.41 Å². The summed E-state index contributed by atoms with van der Waals surface area (Å²) >= 11 is 0. The quantitative estimate of drug-likeness (QED) is 0.611. The zero-order valence-electron chi connectivity index (χ0n) is 16.2. The molecule has 6 heteroatoms. The highest BCUT2D eigenvalue weighted by atomic mass is 32.2. The first-order valence-electron chi connectivity index (χ1n) is 9.36. The van der Waals surface area contributed by atoms with E-state index >= 15 is 0 Å². The van der Waals surface area contributed by atoms with Crippen LogP contribution in [0.15, 0.2) is 82.8 Å². The van der Waals surface area contributed by atoms with Crippen molar-refractivity contribution < 1.29 is 12.8 Å². The van der Waals surface area contributed by atoms with E-state index in [2.05, 4.69) is 5.10 Å². The fourth-order valence-corrected chi connectivity index (χ4v) is 4.85. The van der Waals surface area contributed by atoms with Crippen LogP contribution in [0.5, 0.6) is 0 Å². The molecule has 0 spiro atoms. The van der Waals surface area contributed by atoms with Gasteiger partial charge in [0.15, 0.2) is 0 Å². The lowest BCUT2D eigenvalue weighted by Gasteiger charge is -2.23. The van der Waals surface area contributed by atoms with Gasteiger partial charge in [0.1, 0.15) is 5.82 Å². The van der Waals surface area contributed by atoms with Crippen molar-refractivity contribution in [2.24, 2.45) is 5.10 Å². The van der Waals surface area contributed by atoms with Crippen LogP contribution in [-0.2, 0) is 10.0 Å². The molecule has 0 aliphatic carbocycles. The standard InChI is InChI=1S/C23H21FN2O2S/c1-16-7-11-18(12-8-16)22-15-23(20-5-3-4-6-21(20)24)26(25-22)29(27,28)19-13-9-17(2)10-14-19/h3-14,23H,15H2,1-2H3/t23-/m1/s1. The van der Waals surface area contributed by atoms with Crippen LogP contribution in [0.1, 0.15) is 34.7 Å². The smallest absolute Gasteiger partial charge is 0.207 e. The third-order valence-electron chi connectivity index (χ3n) is 5.09. The van der Waals surface area contributed by atoms with Crippen molar-refractivity contribution >= 4 is 15.7 Å². The van der Waals surface area contributed by atoms with Crippen molar-refractivity contribution in [2.75, 3.05) is 0 Å². The van der Waals surface area contributed by atoms with Crippen molar-refractivity contribution in [2.45, 2.75) is 31.2 Å². The van der Waals surface area contributed by atoms with E-state index in [4.69, 9.17) is 0 Å². The van der Waals surface area contributed by atoms with Gasteiger partial charge in [0.2, 0.25) is 0 Å². The van der Waals surface area contributed by atoms with Crippen molar-refractivity contribution in [3.8, 4) is 0 Å². The largest absolute Gasteiger partial charge is 0.279 e. The molecule has 29 heavy (non-hydrogen) atoms. The Morgan fingerprint density at radius 2 is 1.48 bits per heavy atom. The summed E-state index contributed by atoms with van der Waals surface area (Å²) in [4.78, 5) is 0.137. The van der Waals surface area contributed by atoms with E-state index in [0.29, 0.717) is 17.7 Å². The van der Waals surface area contributed by atoms with E-state index in [0.717, 1.165) is 21.1 Å². The summed E-state index contributed by atoms with van der Waals surface area (Å²) in [7, 11) is -3.94. The molecule has 0 saturated carbocycles. The zero-order valence-corrected chi connectivity index (χ0v) is 17.0. The maximum absolute atomic E-state index is 14.6. The van der Waals surface area contributed by atoms with Gasteiger partial charge in [-0.15, -0.1) is 0 Å². The SMILES string of the molecule is Cc1ccc(C2=NN(S(=O)(=O)c3ccc(C)cc3)[C@@H](c3ccccc3F)C2)cc1. The number of hydrazone groups is 1. The number of aryl methyl sites for hydroxylation is 2. The summed E-state index contributed by atoms with van der Waals surface area (Å²) in [6.45, 7) is 3.87. The Kier molecular flexibility index (Phi) is 4.96. The van der Waals surface area contributed by atoms with Crippen LogP contribution in [-0.4, -0.2) is 18.5 Å². The second kappa shape index (κ2) is 7.44. The van der Waals surface area contributed by atoms with Gasteiger partial charge in [-0.2, -0.15) is 17.9 Å². The number of hydrogen-bond acceptors (Lipinski definition) is 3. The van der Waals surface area contributed by atoms with Crippen LogP contribution in [0.25, 0.3) is 0 Å². The van der Waals surface area contributed by atoms with Gasteiger partial charge >= 0.3 is 0 Å². The van der Waals surface area contributed by atoms with Gasteiger partial charge in [-0.1, -0.05) is 65.7 Å². The molecule has 3 aromatic carbocycles. The lowest BCUT2D eigenvalue weighted by molar-refractivity contribution is 0.362. The predicted molar refractivity (Wildman–Crippen MR) is 112 cm³/mol. The number of rotatable bonds is 4. The predicted octanol–water partition coefficient (Wildman–Crippen LogP) is 4.98. The van der Waals surface area contributed by atoms with Crippen LogP contribution in [0, 0.1) is 19.7 Å². The Hall–Kier alpha value is -2.99. The lowest BCUT2D eigenvalue weighted by Crippen LogP contribution is -2.28. The van der Waals surface area contributed by atoms with Crippen molar-refractivity contribution in [3.05, 3.63) is 101 Å². The van der Waals surface area contributed by atoms with E-state index in [-0.39, 0.29) is 4.90 Å². The molecule has 0 radical (unpaired) electrons. The molecule has 0 amide bonds. The van der Waals surface area contributed by atoms with E-state index < -0.39 is 21.9 Å². The molecular weight excluding hydrogens is 387 g/mol. The number of benzene rings is 3. The molecule has 0 fully saturated rings. The third-order valence-corrected chi connectivity index (χ3v) is 6.78. The summed E-state index contributed by atoms with van der Waals surface area (Å²) in [5, 5.41) is 4.45. The molecule has 4 rings (SSSR count). The molecule has 148 valence electrons. The second-order valence-electron chi connectivity index (χ2n) is 7.24. The Bertz CT molecular complexity index is 1170. The molecule has 1 atom stereocenters. The van der Waals surface area contributed by atoms with Gasteiger partial charge in [0.05, 0.1) is 16.6 Å². The molecule has 4 nitrogen and oxygen atoms in total. The Morgan fingerprint density at radius 3 is 2.10 bits per heavy atom. The molecule has 3 aromatic rings. The molecule has 0 bridgehead atoms. The minimum absolute atomic E-state index is 0.137. The summed E-state index contributed by atoms with van der Waals surface area (Å²) in [5.74, 6) is -0.443. The van der Waals surface area contributed by atoms with Gasteiger partial charge in [0, 0.05) is 12.0 Å². The number of nitrogens with zero attached hydrogens (tertiary/aromatic N) is 2. The summed E-state index contributed by atoms with van der Waals surface area (Å²) < 4.78 is 42.4. The monoisotopic (exact) mass is 408 g/mol. The Morgan fingerprint density at radius 1 is 0.897 bits per heavy atom. The first kappa shape index (κ1) is 19.3. The van der Waals surface area contributed by atoms with E-state index in [1.165, 1.54) is 6.07 Å². The zero-order chi connectivity index (χ0) is 20.6. The maximum Gasteiger partial charge on any atom is 0.279 e. The maximum atomic E-state index is 14.6. The molecular formula is C23H21FN2O2S. The number of sulfonamides is 1. The molecule has 0 aromatic heterocycles. The van der Waals surface area contributed by atoms with Crippen LogP contribution in [0.2, 0.25) is 0 Å². The first-order chi connectivity index (χ1) is 13.9. The second-order valence-corrected chi connectivity index (χ2v) is 9.04. The van der Waals surface area contributed by atoms with Crippen LogP contribution < -0.4 is 0 Å². The van der Waals surface area contributed by atoms with Crippen LogP contribution in [0.3, 0.4) is 0 Å². The van der Waals surface area contributed by atoms with Crippen LogP contribution in [0.4, 0.5) is 4.39 Å². The van der Waals surface area contributed by atoms with Gasteiger partial charge < -0.3 is 0 Å². The van der Waals surface area contributed by atoms with Gasteiger partial charge in [-0.3, -0.25) is 0 Å². The van der Waals surface area contributed by atoms with Gasteiger partial charge in [-0.25, -0.2) is 4.39 Å². The molecule has 0 unspecified atom stereocenters. The average molecular weight is 408 g/mol. The Balaban J connectivity index is 1.82. The van der Waals surface area contributed by atoms with E-state index in [9.17, 15) is 12.8 Å². The molecule has 0 saturated heterocycles. The van der Waals surface area contributed by atoms with Crippen LogP contribution >= 0.6 is 0 Å².